The summed E-state index contributed by atoms with van der Waals surface area (Å²) in [5.74, 6) is -0.396. The highest BCUT2D eigenvalue weighted by Gasteiger charge is 2.33. The standard InChI is InChI=1S/C22H24N4O4S/c1-17-7-5-6-10-20(17)26-21(27)12-11-19(23-26)22(28)24-13-15-25(16-14-24)31(29,30)18-8-3-2-4-9-18/h2-11,23H,12-16H2,1H3. The molecule has 2 aliphatic heterocycles. The number of anilines is 1. The Bertz CT molecular complexity index is 1120. The summed E-state index contributed by atoms with van der Waals surface area (Å²) in [6.45, 7) is 2.90. The summed E-state index contributed by atoms with van der Waals surface area (Å²) < 4.78 is 27.0. The molecule has 8 nitrogen and oxygen atoms in total. The zero-order valence-electron chi connectivity index (χ0n) is 17.2. The largest absolute Gasteiger partial charge is 0.335 e. The van der Waals surface area contributed by atoms with Gasteiger partial charge in [-0.05, 0) is 36.8 Å². The van der Waals surface area contributed by atoms with Gasteiger partial charge in [-0.1, -0.05) is 36.4 Å². The summed E-state index contributed by atoms with van der Waals surface area (Å²) >= 11 is 0. The Labute approximate surface area is 181 Å². The molecule has 31 heavy (non-hydrogen) atoms. The molecule has 9 heteroatoms. The molecule has 1 N–H and O–H groups in total. The van der Waals surface area contributed by atoms with E-state index in [2.05, 4.69) is 5.43 Å². The molecule has 0 bridgehead atoms. The fraction of sp³-hybridized carbons (Fsp3) is 0.273. The molecule has 1 fully saturated rings. The number of hydrogen-bond acceptors (Lipinski definition) is 5. The third-order valence-corrected chi connectivity index (χ3v) is 7.37. The molecular formula is C22H24N4O4S. The number of hydrogen-bond donors (Lipinski definition) is 1. The lowest BCUT2D eigenvalue weighted by Crippen LogP contribution is -2.54. The number of para-hydroxylation sites is 1. The van der Waals surface area contributed by atoms with Crippen molar-refractivity contribution in [3.63, 3.8) is 0 Å². The van der Waals surface area contributed by atoms with Crippen LogP contribution in [0, 0.1) is 6.92 Å². The van der Waals surface area contributed by atoms with E-state index in [0.29, 0.717) is 11.4 Å². The van der Waals surface area contributed by atoms with Crippen LogP contribution in [-0.2, 0) is 19.6 Å². The minimum atomic E-state index is -3.58. The van der Waals surface area contributed by atoms with Crippen molar-refractivity contribution in [1.82, 2.24) is 14.6 Å². The highest BCUT2D eigenvalue weighted by molar-refractivity contribution is 7.89. The van der Waals surface area contributed by atoms with Crippen LogP contribution in [0.15, 0.2) is 71.3 Å². The first-order chi connectivity index (χ1) is 14.9. The summed E-state index contributed by atoms with van der Waals surface area (Å²) in [7, 11) is -3.58. The predicted octanol–water partition coefficient (Wildman–Crippen LogP) is 1.65. The molecule has 2 heterocycles. The van der Waals surface area contributed by atoms with Crippen molar-refractivity contribution in [3.05, 3.63) is 71.9 Å². The first-order valence-electron chi connectivity index (χ1n) is 10.1. The van der Waals surface area contributed by atoms with E-state index < -0.39 is 10.0 Å². The molecule has 2 amide bonds. The van der Waals surface area contributed by atoms with Gasteiger partial charge in [-0.2, -0.15) is 4.31 Å². The third-order valence-electron chi connectivity index (χ3n) is 5.46. The fourth-order valence-corrected chi connectivity index (χ4v) is 5.14. The number of carbonyl (C=O) groups is 2. The first-order valence-corrected chi connectivity index (χ1v) is 11.5. The van der Waals surface area contributed by atoms with Crippen LogP contribution < -0.4 is 10.4 Å². The Balaban J connectivity index is 1.43. The second-order valence-electron chi connectivity index (χ2n) is 7.46. The number of piperazine rings is 1. The van der Waals surface area contributed by atoms with Crippen molar-refractivity contribution in [2.75, 3.05) is 31.2 Å². The van der Waals surface area contributed by atoms with Crippen LogP contribution in [0.2, 0.25) is 0 Å². The minimum Gasteiger partial charge on any atom is -0.335 e. The Kier molecular flexibility index (Phi) is 5.79. The number of benzene rings is 2. The summed E-state index contributed by atoms with van der Waals surface area (Å²) in [4.78, 5) is 27.3. The van der Waals surface area contributed by atoms with Crippen LogP contribution in [0.1, 0.15) is 12.0 Å². The highest BCUT2D eigenvalue weighted by atomic mass is 32.2. The van der Waals surface area contributed by atoms with Gasteiger partial charge in [-0.25, -0.2) is 13.4 Å². The molecule has 0 unspecified atom stereocenters. The molecule has 2 aromatic carbocycles. The van der Waals surface area contributed by atoms with Gasteiger partial charge >= 0.3 is 0 Å². The summed E-state index contributed by atoms with van der Waals surface area (Å²) in [6, 6.07) is 15.7. The number of nitrogens with one attached hydrogen (secondary N) is 1. The number of amides is 2. The van der Waals surface area contributed by atoms with Gasteiger partial charge in [0.15, 0.2) is 0 Å². The molecule has 2 aromatic rings. The van der Waals surface area contributed by atoms with E-state index in [1.165, 1.54) is 9.31 Å². The number of sulfonamides is 1. The topological polar surface area (TPSA) is 90.0 Å². The van der Waals surface area contributed by atoms with E-state index in [9.17, 15) is 18.0 Å². The van der Waals surface area contributed by atoms with Crippen LogP contribution in [0.25, 0.3) is 0 Å². The second kappa shape index (κ2) is 8.52. The van der Waals surface area contributed by atoms with Crippen LogP contribution in [-0.4, -0.2) is 55.6 Å². The van der Waals surface area contributed by atoms with E-state index >= 15 is 0 Å². The van der Waals surface area contributed by atoms with Crippen molar-refractivity contribution < 1.29 is 18.0 Å². The van der Waals surface area contributed by atoms with Gasteiger partial charge < -0.3 is 4.90 Å². The van der Waals surface area contributed by atoms with Gasteiger partial charge in [0.05, 0.1) is 10.6 Å². The van der Waals surface area contributed by atoms with Crippen molar-refractivity contribution in [3.8, 4) is 0 Å². The second-order valence-corrected chi connectivity index (χ2v) is 9.40. The Hall–Kier alpha value is -3.17. The van der Waals surface area contributed by atoms with Crippen LogP contribution in [0.3, 0.4) is 0 Å². The minimum absolute atomic E-state index is 0.116. The van der Waals surface area contributed by atoms with Crippen molar-refractivity contribution in [2.24, 2.45) is 0 Å². The maximum Gasteiger partial charge on any atom is 0.271 e. The van der Waals surface area contributed by atoms with E-state index in [1.54, 1.807) is 41.3 Å². The lowest BCUT2D eigenvalue weighted by atomic mass is 10.1. The maximum atomic E-state index is 13.0. The summed E-state index contributed by atoms with van der Waals surface area (Å²) in [5, 5.41) is 1.40. The lowest BCUT2D eigenvalue weighted by molar-refractivity contribution is -0.129. The van der Waals surface area contributed by atoms with Gasteiger partial charge in [0, 0.05) is 32.6 Å². The van der Waals surface area contributed by atoms with Crippen LogP contribution in [0.4, 0.5) is 5.69 Å². The molecule has 0 aromatic heterocycles. The Morgan fingerprint density at radius 1 is 0.935 bits per heavy atom. The van der Waals surface area contributed by atoms with Gasteiger partial charge in [0.1, 0.15) is 5.70 Å². The zero-order valence-corrected chi connectivity index (χ0v) is 18.0. The van der Waals surface area contributed by atoms with Crippen LogP contribution in [0.5, 0.6) is 0 Å². The van der Waals surface area contributed by atoms with Gasteiger partial charge in [-0.15, -0.1) is 0 Å². The van der Waals surface area contributed by atoms with E-state index in [1.807, 2.05) is 31.2 Å². The number of carbonyl (C=O) groups excluding carboxylic acids is 2. The third kappa shape index (κ3) is 4.19. The Morgan fingerprint density at radius 2 is 1.58 bits per heavy atom. The molecule has 2 aliphatic rings. The van der Waals surface area contributed by atoms with Gasteiger partial charge in [-0.3, -0.25) is 15.0 Å². The summed E-state index contributed by atoms with van der Waals surface area (Å²) in [6.07, 6.45) is 1.71. The molecule has 4 rings (SSSR count). The molecule has 0 atom stereocenters. The fourth-order valence-electron chi connectivity index (χ4n) is 3.70. The number of aryl methyl sites for hydroxylation is 1. The highest BCUT2D eigenvalue weighted by Crippen LogP contribution is 2.23. The molecular weight excluding hydrogens is 416 g/mol. The van der Waals surface area contributed by atoms with Gasteiger partial charge in [0.2, 0.25) is 15.9 Å². The molecule has 0 aliphatic carbocycles. The Morgan fingerprint density at radius 3 is 2.26 bits per heavy atom. The SMILES string of the molecule is Cc1ccccc1N1NC(C(=O)N2CCN(S(=O)(=O)c3ccccc3)CC2)=CCC1=O. The normalized spacial score (nSPS) is 17.8. The first kappa shape index (κ1) is 21.1. The van der Waals surface area contributed by atoms with E-state index in [-0.39, 0.29) is 49.3 Å². The summed E-state index contributed by atoms with van der Waals surface area (Å²) in [5.41, 5.74) is 4.88. The van der Waals surface area contributed by atoms with Crippen LogP contribution >= 0.6 is 0 Å². The number of hydrazine groups is 1. The average molecular weight is 441 g/mol. The predicted molar refractivity (Wildman–Crippen MR) is 116 cm³/mol. The lowest BCUT2D eigenvalue weighted by Gasteiger charge is -2.36. The van der Waals surface area contributed by atoms with Gasteiger partial charge in [0.25, 0.3) is 5.91 Å². The van der Waals surface area contributed by atoms with Crippen molar-refractivity contribution in [1.29, 1.82) is 0 Å². The van der Waals surface area contributed by atoms with Crippen molar-refractivity contribution >= 4 is 27.5 Å². The average Bonchev–Trinajstić information content (AvgIpc) is 2.80. The monoisotopic (exact) mass is 440 g/mol. The molecule has 0 radical (unpaired) electrons. The smallest absolute Gasteiger partial charge is 0.271 e. The molecule has 162 valence electrons. The maximum absolute atomic E-state index is 13.0. The van der Waals surface area contributed by atoms with Crippen molar-refractivity contribution in [2.45, 2.75) is 18.2 Å². The zero-order chi connectivity index (χ0) is 22.0. The molecule has 0 saturated carbocycles. The number of rotatable bonds is 4. The quantitative estimate of drug-likeness (QED) is 0.781. The van der Waals surface area contributed by atoms with E-state index in [4.69, 9.17) is 0 Å². The number of nitrogens with zero attached hydrogens (tertiary/aromatic N) is 3. The molecule has 0 spiro atoms. The van der Waals surface area contributed by atoms with E-state index in [0.717, 1.165) is 5.56 Å². The molecule has 1 saturated heterocycles.